The fourth-order valence-electron chi connectivity index (χ4n) is 6.50. The highest BCUT2D eigenvalue weighted by atomic mass is 16.8. The molecule has 0 bridgehead atoms. The maximum atomic E-state index is 14.7. The summed E-state index contributed by atoms with van der Waals surface area (Å²) in [7, 11) is 1.44. The maximum Gasteiger partial charge on any atom is 0.239 e. The summed E-state index contributed by atoms with van der Waals surface area (Å²) in [6, 6.07) is 7.26. The Morgan fingerprint density at radius 1 is 0.845 bits per heavy atom. The number of aliphatic hydroxyl groups excluding tert-OH is 10. The van der Waals surface area contributed by atoms with Crippen molar-refractivity contribution in [3.05, 3.63) is 57.8 Å². The molecule has 3 aromatic rings. The summed E-state index contributed by atoms with van der Waals surface area (Å²) in [5.41, 5.74) is 0.110. The third kappa shape index (κ3) is 9.42. The predicted octanol–water partition coefficient (Wildman–Crippen LogP) is -1.44. The number of rotatable bonds is 15. The minimum absolute atomic E-state index is 0.0378. The Morgan fingerprint density at radius 2 is 1.45 bits per heavy atom. The minimum Gasteiger partial charge on any atom is -0.507 e. The molecule has 0 amide bonds. The van der Waals surface area contributed by atoms with Crippen molar-refractivity contribution in [1.29, 1.82) is 0 Å². The van der Waals surface area contributed by atoms with Crippen molar-refractivity contribution in [2.75, 3.05) is 20.3 Å². The molecule has 0 unspecified atom stereocenters. The van der Waals surface area contributed by atoms with E-state index < -0.39 is 121 Å². The molecule has 2 fully saturated rings. The van der Waals surface area contributed by atoms with Crippen LogP contribution in [0.2, 0.25) is 0 Å². The number of fused-ring (bicyclic) bond motifs is 1. The van der Waals surface area contributed by atoms with Crippen molar-refractivity contribution in [2.24, 2.45) is 0 Å². The highest BCUT2D eigenvalue weighted by Gasteiger charge is 2.50. The van der Waals surface area contributed by atoms with Crippen LogP contribution in [0.5, 0.6) is 23.0 Å². The van der Waals surface area contributed by atoms with Crippen LogP contribution >= 0.6 is 0 Å². The Hall–Kier alpha value is -3.93. The van der Waals surface area contributed by atoms with Crippen LogP contribution in [0.15, 0.2) is 51.2 Å². The molecule has 0 spiro atoms. The monoisotopic (exact) mass is 824 g/mol. The summed E-state index contributed by atoms with van der Waals surface area (Å²) in [6.45, 7) is 4.84. The van der Waals surface area contributed by atoms with E-state index in [1.165, 1.54) is 33.1 Å². The van der Waals surface area contributed by atoms with Crippen LogP contribution in [0.4, 0.5) is 0 Å². The van der Waals surface area contributed by atoms with Crippen molar-refractivity contribution in [2.45, 2.75) is 120 Å². The van der Waals surface area contributed by atoms with E-state index in [0.717, 1.165) is 11.6 Å². The molecule has 0 saturated carbocycles. The van der Waals surface area contributed by atoms with Gasteiger partial charge in [-0.05, 0) is 58.4 Å². The standard InChI is InChI=1S/C39H52O19/c1-15(2)6-11-20-24(53-14-23(43)29(47)28(46)22(42)13-40)12-21(41)25-30(48)36(34(56-35(20)25)18-7-9-19(52-5)10-8-18)57-39-37(32(50)27(45)17(4)55-39)58-38-33(51)31(49)26(44)16(3)54-38/h6-10,12,16-17,22-23,26-29,31-33,37-47,49-51H,11,13-14H2,1-5H3/t16-,17-,22-,23+,26-,27-,28-,29-,31+,32+,33+,37+,38-,39-/m1/s1. The van der Waals surface area contributed by atoms with Gasteiger partial charge in [0.05, 0.1) is 25.9 Å². The number of benzene rings is 2. The van der Waals surface area contributed by atoms with E-state index in [1.54, 1.807) is 32.1 Å². The summed E-state index contributed by atoms with van der Waals surface area (Å²) in [4.78, 5) is 14.7. The van der Waals surface area contributed by atoms with Gasteiger partial charge in [0.2, 0.25) is 17.5 Å². The van der Waals surface area contributed by atoms with Crippen LogP contribution in [0.1, 0.15) is 33.3 Å². The fraction of sp³-hybridized carbons (Fsp3) is 0.564. The summed E-state index contributed by atoms with van der Waals surface area (Å²) in [6.07, 6.45) is -21.4. The number of hydrogen-bond acceptors (Lipinski definition) is 19. The lowest BCUT2D eigenvalue weighted by atomic mass is 9.98. The number of methoxy groups -OCH3 is 1. The first-order chi connectivity index (χ1) is 27.4. The van der Waals surface area contributed by atoms with E-state index in [9.17, 15) is 55.9 Å². The minimum atomic E-state index is -1.96. The molecular formula is C39H52O19. The number of allylic oxidation sites excluding steroid dienone is 2. The zero-order chi connectivity index (χ0) is 42.7. The Labute approximate surface area is 332 Å². The number of aliphatic hydroxyl groups is 10. The second-order valence-corrected chi connectivity index (χ2v) is 14.6. The molecule has 2 aromatic carbocycles. The molecule has 322 valence electrons. The number of phenols is 1. The molecule has 1 aromatic heterocycles. The normalized spacial score (nSPS) is 29.6. The van der Waals surface area contributed by atoms with Gasteiger partial charge in [-0.2, -0.15) is 0 Å². The van der Waals surface area contributed by atoms with E-state index in [0.29, 0.717) is 5.75 Å². The molecular weight excluding hydrogens is 772 g/mol. The van der Waals surface area contributed by atoms with E-state index in [1.807, 2.05) is 0 Å². The number of ether oxygens (including phenoxy) is 6. The Morgan fingerprint density at radius 3 is 2.05 bits per heavy atom. The third-order valence-corrected chi connectivity index (χ3v) is 10.1. The van der Waals surface area contributed by atoms with Crippen LogP contribution < -0.4 is 19.6 Å². The summed E-state index contributed by atoms with van der Waals surface area (Å²) in [5, 5.41) is 114. The fourth-order valence-corrected chi connectivity index (χ4v) is 6.50. The van der Waals surface area contributed by atoms with Gasteiger partial charge < -0.3 is 89.0 Å². The molecule has 2 aliphatic heterocycles. The van der Waals surface area contributed by atoms with E-state index in [-0.39, 0.29) is 34.6 Å². The average Bonchev–Trinajstić information content (AvgIpc) is 3.20. The average molecular weight is 825 g/mol. The first-order valence-corrected chi connectivity index (χ1v) is 18.5. The topological polar surface area (TPSA) is 308 Å². The van der Waals surface area contributed by atoms with E-state index in [2.05, 4.69) is 0 Å². The van der Waals surface area contributed by atoms with Crippen LogP contribution in [0.3, 0.4) is 0 Å². The van der Waals surface area contributed by atoms with Crippen molar-refractivity contribution in [3.8, 4) is 34.3 Å². The smallest absolute Gasteiger partial charge is 0.239 e. The SMILES string of the molecule is COc1ccc(-c2oc3c(CC=C(C)C)c(OC[C@H](O)[C@@H](O)[C@H](O)[C@H](O)CO)cc(O)c3c(=O)c2O[C@H]2O[C@H](C)[C@@H](O)[C@H](O)[C@@H]2O[C@H]2O[C@H](C)[C@@H](O)[C@H](O)[C@@H]2O)cc1. The van der Waals surface area contributed by atoms with Gasteiger partial charge in [-0.15, -0.1) is 0 Å². The largest absolute Gasteiger partial charge is 0.507 e. The molecule has 2 saturated heterocycles. The molecule has 2 aliphatic rings. The van der Waals surface area contributed by atoms with Gasteiger partial charge in [0, 0.05) is 17.2 Å². The molecule has 0 radical (unpaired) electrons. The first-order valence-electron chi connectivity index (χ1n) is 18.5. The van der Waals surface area contributed by atoms with Gasteiger partial charge in [0.15, 0.2) is 18.2 Å². The Bertz CT molecular complexity index is 1930. The Kier molecular flexibility index (Phi) is 14.8. The van der Waals surface area contributed by atoms with Crippen LogP contribution in [0, 0.1) is 0 Å². The molecule has 19 heteroatoms. The lowest BCUT2D eigenvalue weighted by molar-refractivity contribution is -0.352. The molecule has 3 heterocycles. The maximum absolute atomic E-state index is 14.7. The first kappa shape index (κ1) is 45.2. The van der Waals surface area contributed by atoms with Gasteiger partial charge in [0.25, 0.3) is 0 Å². The zero-order valence-electron chi connectivity index (χ0n) is 32.4. The number of hydrogen-bond donors (Lipinski definition) is 11. The van der Waals surface area contributed by atoms with Crippen molar-refractivity contribution in [1.82, 2.24) is 0 Å². The Balaban J connectivity index is 1.65. The van der Waals surface area contributed by atoms with Crippen LogP contribution in [0.25, 0.3) is 22.3 Å². The lowest BCUT2D eigenvalue weighted by Crippen LogP contribution is -2.63. The predicted molar refractivity (Wildman–Crippen MR) is 200 cm³/mol. The highest BCUT2D eigenvalue weighted by Crippen LogP contribution is 2.41. The molecule has 5 rings (SSSR count). The lowest BCUT2D eigenvalue weighted by Gasteiger charge is -2.45. The highest BCUT2D eigenvalue weighted by molar-refractivity contribution is 5.91. The van der Waals surface area contributed by atoms with E-state index in [4.69, 9.17) is 37.9 Å². The molecule has 11 N–H and O–H groups in total. The van der Waals surface area contributed by atoms with Gasteiger partial charge >= 0.3 is 0 Å². The number of aromatic hydroxyl groups is 1. The van der Waals surface area contributed by atoms with Gasteiger partial charge in [-0.25, -0.2) is 0 Å². The van der Waals surface area contributed by atoms with Crippen molar-refractivity contribution < 1.29 is 89.0 Å². The van der Waals surface area contributed by atoms with E-state index >= 15 is 0 Å². The van der Waals surface area contributed by atoms with Gasteiger partial charge in [-0.1, -0.05) is 11.6 Å². The molecule has 14 atom stereocenters. The summed E-state index contributed by atoms with van der Waals surface area (Å²) < 4.78 is 41.0. The quantitative estimate of drug-likeness (QED) is 0.0782. The zero-order valence-corrected chi connectivity index (χ0v) is 32.4. The second-order valence-electron chi connectivity index (χ2n) is 14.6. The molecule has 19 nitrogen and oxygen atoms in total. The second kappa shape index (κ2) is 19.0. The van der Waals surface area contributed by atoms with Gasteiger partial charge in [0.1, 0.15) is 89.8 Å². The summed E-state index contributed by atoms with van der Waals surface area (Å²) in [5.74, 6) is -1.15. The van der Waals surface area contributed by atoms with Crippen LogP contribution in [-0.2, 0) is 20.6 Å². The van der Waals surface area contributed by atoms with Crippen molar-refractivity contribution in [3.63, 3.8) is 0 Å². The molecule has 0 aliphatic carbocycles. The third-order valence-electron chi connectivity index (χ3n) is 10.1. The number of phenolic OH excluding ortho intramolecular Hbond substituents is 1. The van der Waals surface area contributed by atoms with Crippen LogP contribution in [-0.4, -0.2) is 162 Å². The summed E-state index contributed by atoms with van der Waals surface area (Å²) >= 11 is 0. The van der Waals surface area contributed by atoms with Gasteiger partial charge in [-0.3, -0.25) is 4.79 Å². The molecule has 58 heavy (non-hydrogen) atoms. The van der Waals surface area contributed by atoms with Crippen molar-refractivity contribution >= 4 is 11.0 Å².